The molecule has 2 rings (SSSR count). The van der Waals surface area contributed by atoms with E-state index in [0.717, 1.165) is 5.69 Å². The van der Waals surface area contributed by atoms with Gasteiger partial charge in [-0.15, -0.1) is 0 Å². The first-order valence-electron chi connectivity index (χ1n) is 5.99. The second-order valence-corrected chi connectivity index (χ2v) is 5.10. The molecule has 20 heavy (non-hydrogen) atoms. The number of carbonyl (C=O) groups is 1. The van der Waals surface area contributed by atoms with E-state index in [1.807, 2.05) is 12.1 Å². The normalized spacial score (nSPS) is 11.8. The van der Waals surface area contributed by atoms with Crippen molar-refractivity contribution >= 4 is 40.6 Å². The van der Waals surface area contributed by atoms with Gasteiger partial charge in [0.05, 0.1) is 5.02 Å². The van der Waals surface area contributed by atoms with Gasteiger partial charge in [0.2, 0.25) is 5.91 Å². The molecule has 104 valence electrons. The predicted octanol–water partition coefficient (Wildman–Crippen LogP) is 3.83. The van der Waals surface area contributed by atoms with E-state index in [1.54, 1.807) is 31.2 Å². The molecular formula is C14H13Cl2N3O. The molecule has 2 aromatic rings. The fourth-order valence-electron chi connectivity index (χ4n) is 1.55. The van der Waals surface area contributed by atoms with Crippen LogP contribution in [-0.4, -0.2) is 16.9 Å². The predicted molar refractivity (Wildman–Crippen MR) is 82.4 cm³/mol. The molecule has 1 heterocycles. The highest BCUT2D eigenvalue weighted by Crippen LogP contribution is 2.15. The number of carbonyl (C=O) groups excluding carboxylic acids is 1. The highest BCUT2D eigenvalue weighted by molar-refractivity contribution is 6.30. The summed E-state index contributed by atoms with van der Waals surface area (Å²) in [5.41, 5.74) is 0.820. The summed E-state index contributed by atoms with van der Waals surface area (Å²) in [6.07, 6.45) is 1.48. The lowest BCUT2D eigenvalue weighted by Crippen LogP contribution is -2.32. The van der Waals surface area contributed by atoms with Crippen molar-refractivity contribution in [2.75, 3.05) is 10.6 Å². The van der Waals surface area contributed by atoms with Crippen LogP contribution in [0.1, 0.15) is 6.92 Å². The van der Waals surface area contributed by atoms with Crippen molar-refractivity contribution in [1.82, 2.24) is 4.98 Å². The Labute approximate surface area is 127 Å². The summed E-state index contributed by atoms with van der Waals surface area (Å²) in [7, 11) is 0. The van der Waals surface area contributed by atoms with Crippen LogP contribution in [0.15, 0.2) is 42.6 Å². The Bertz CT molecular complexity index is 584. The maximum Gasteiger partial charge on any atom is 0.247 e. The largest absolute Gasteiger partial charge is 0.374 e. The first-order chi connectivity index (χ1) is 9.54. The van der Waals surface area contributed by atoms with E-state index >= 15 is 0 Å². The fourth-order valence-corrected chi connectivity index (χ4v) is 1.78. The fraction of sp³-hybridized carbons (Fsp3) is 0.143. The van der Waals surface area contributed by atoms with Crippen molar-refractivity contribution < 1.29 is 4.79 Å². The van der Waals surface area contributed by atoms with Crippen molar-refractivity contribution in [1.29, 1.82) is 0 Å². The lowest BCUT2D eigenvalue weighted by atomic mass is 10.2. The minimum Gasteiger partial charge on any atom is -0.374 e. The summed E-state index contributed by atoms with van der Waals surface area (Å²) in [5.74, 6) is 0.277. The monoisotopic (exact) mass is 309 g/mol. The minimum absolute atomic E-state index is 0.185. The molecule has 0 saturated heterocycles. The maximum absolute atomic E-state index is 12.0. The Kier molecular flexibility index (Phi) is 4.82. The van der Waals surface area contributed by atoms with Crippen LogP contribution in [0, 0.1) is 0 Å². The van der Waals surface area contributed by atoms with Crippen LogP contribution in [0.2, 0.25) is 10.0 Å². The van der Waals surface area contributed by atoms with E-state index in [0.29, 0.717) is 15.9 Å². The van der Waals surface area contributed by atoms with Crippen LogP contribution in [0.25, 0.3) is 0 Å². The van der Waals surface area contributed by atoms with Crippen LogP contribution in [0.3, 0.4) is 0 Å². The standard InChI is InChI=1S/C14H13Cl2N3O/c1-9(18-12-5-2-10(15)3-6-12)14(20)19-13-7-4-11(16)8-17-13/h2-9,18H,1H3,(H,17,19,20)/t9-/m1/s1. The Morgan fingerprint density at radius 2 is 1.75 bits per heavy atom. The first-order valence-corrected chi connectivity index (χ1v) is 6.75. The number of nitrogens with zero attached hydrogens (tertiary/aromatic N) is 1. The van der Waals surface area contributed by atoms with E-state index in [4.69, 9.17) is 23.2 Å². The average molecular weight is 310 g/mol. The lowest BCUT2D eigenvalue weighted by Gasteiger charge is -2.15. The quantitative estimate of drug-likeness (QED) is 0.902. The number of hydrogen-bond acceptors (Lipinski definition) is 3. The number of rotatable bonds is 4. The van der Waals surface area contributed by atoms with Gasteiger partial charge in [-0.2, -0.15) is 0 Å². The Morgan fingerprint density at radius 3 is 2.35 bits per heavy atom. The molecule has 0 aliphatic heterocycles. The van der Waals surface area contributed by atoms with Crippen LogP contribution in [0.5, 0.6) is 0 Å². The molecule has 0 aliphatic rings. The van der Waals surface area contributed by atoms with E-state index in [2.05, 4.69) is 15.6 Å². The highest BCUT2D eigenvalue weighted by atomic mass is 35.5. The van der Waals surface area contributed by atoms with Crippen molar-refractivity contribution in [2.45, 2.75) is 13.0 Å². The van der Waals surface area contributed by atoms with E-state index in [9.17, 15) is 4.79 Å². The van der Waals surface area contributed by atoms with Crippen molar-refractivity contribution in [3.63, 3.8) is 0 Å². The third-order valence-corrected chi connectivity index (χ3v) is 3.07. The molecule has 1 atom stereocenters. The summed E-state index contributed by atoms with van der Waals surface area (Å²) >= 11 is 11.5. The van der Waals surface area contributed by atoms with E-state index in [1.165, 1.54) is 6.20 Å². The number of aromatic nitrogens is 1. The molecule has 0 radical (unpaired) electrons. The Morgan fingerprint density at radius 1 is 1.10 bits per heavy atom. The second-order valence-electron chi connectivity index (χ2n) is 4.22. The zero-order chi connectivity index (χ0) is 14.5. The molecule has 0 bridgehead atoms. The Hall–Kier alpha value is -1.78. The van der Waals surface area contributed by atoms with Crippen molar-refractivity contribution in [2.24, 2.45) is 0 Å². The molecule has 0 saturated carbocycles. The zero-order valence-electron chi connectivity index (χ0n) is 10.7. The third kappa shape index (κ3) is 4.11. The average Bonchev–Trinajstić information content (AvgIpc) is 2.44. The van der Waals surface area contributed by atoms with Gasteiger partial charge >= 0.3 is 0 Å². The lowest BCUT2D eigenvalue weighted by molar-refractivity contribution is -0.116. The van der Waals surface area contributed by atoms with Gasteiger partial charge in [-0.25, -0.2) is 4.98 Å². The van der Waals surface area contributed by atoms with Crippen molar-refractivity contribution in [3.05, 3.63) is 52.6 Å². The molecule has 0 unspecified atom stereocenters. The van der Waals surface area contributed by atoms with Gasteiger partial charge in [0.15, 0.2) is 0 Å². The van der Waals surface area contributed by atoms with Crippen LogP contribution < -0.4 is 10.6 Å². The number of hydrogen-bond donors (Lipinski definition) is 2. The van der Waals surface area contributed by atoms with E-state index < -0.39 is 6.04 Å². The first kappa shape index (κ1) is 14.6. The molecular weight excluding hydrogens is 297 g/mol. The van der Waals surface area contributed by atoms with Gasteiger partial charge < -0.3 is 10.6 Å². The number of anilines is 2. The maximum atomic E-state index is 12.0. The second kappa shape index (κ2) is 6.59. The molecule has 1 aromatic heterocycles. The van der Waals surface area contributed by atoms with Gasteiger partial charge in [-0.3, -0.25) is 4.79 Å². The van der Waals surface area contributed by atoms with Crippen LogP contribution in [0.4, 0.5) is 11.5 Å². The number of benzene rings is 1. The van der Waals surface area contributed by atoms with Crippen molar-refractivity contribution in [3.8, 4) is 0 Å². The molecule has 0 aliphatic carbocycles. The molecule has 6 heteroatoms. The van der Waals surface area contributed by atoms with Gasteiger partial charge in [0.1, 0.15) is 11.9 Å². The van der Waals surface area contributed by atoms with Gasteiger partial charge in [0.25, 0.3) is 0 Å². The molecule has 2 N–H and O–H groups in total. The number of amides is 1. The minimum atomic E-state index is -0.409. The summed E-state index contributed by atoms with van der Waals surface area (Å²) in [6.45, 7) is 1.76. The Balaban J connectivity index is 1.94. The van der Waals surface area contributed by atoms with Crippen LogP contribution in [-0.2, 0) is 4.79 Å². The third-order valence-electron chi connectivity index (χ3n) is 2.60. The van der Waals surface area contributed by atoms with Gasteiger partial charge in [-0.1, -0.05) is 23.2 Å². The molecule has 1 amide bonds. The SMILES string of the molecule is C[C@@H](Nc1ccc(Cl)cc1)C(=O)Nc1ccc(Cl)cn1. The highest BCUT2D eigenvalue weighted by Gasteiger charge is 2.13. The topological polar surface area (TPSA) is 54.0 Å². The summed E-state index contributed by atoms with van der Waals surface area (Å²) in [6, 6.07) is 10.1. The number of halogens is 2. The number of pyridine rings is 1. The zero-order valence-corrected chi connectivity index (χ0v) is 12.2. The summed E-state index contributed by atoms with van der Waals surface area (Å²) in [5, 5.41) is 6.95. The molecule has 0 fully saturated rings. The molecule has 4 nitrogen and oxygen atoms in total. The smallest absolute Gasteiger partial charge is 0.247 e. The van der Waals surface area contributed by atoms with Crippen LogP contribution >= 0.6 is 23.2 Å². The molecule has 1 aromatic carbocycles. The van der Waals surface area contributed by atoms with E-state index in [-0.39, 0.29) is 5.91 Å². The van der Waals surface area contributed by atoms with Gasteiger partial charge in [-0.05, 0) is 43.3 Å². The van der Waals surface area contributed by atoms with Gasteiger partial charge in [0, 0.05) is 16.9 Å². The molecule has 0 spiro atoms. The number of nitrogens with one attached hydrogen (secondary N) is 2. The summed E-state index contributed by atoms with van der Waals surface area (Å²) in [4.78, 5) is 16.0. The summed E-state index contributed by atoms with van der Waals surface area (Å²) < 4.78 is 0.